The van der Waals surface area contributed by atoms with Crippen molar-refractivity contribution in [3.63, 3.8) is 0 Å². The number of benzene rings is 1. The molecule has 4 heteroatoms. The Hall–Kier alpha value is -1.39. The number of piperazine rings is 1. The first-order valence-corrected chi connectivity index (χ1v) is 8.00. The number of amides is 1. The zero-order chi connectivity index (χ0) is 14.7. The molecule has 0 spiro atoms. The summed E-state index contributed by atoms with van der Waals surface area (Å²) in [5.74, 6) is 0.573. The Kier molecular flexibility index (Phi) is 4.56. The van der Waals surface area contributed by atoms with Gasteiger partial charge in [0.1, 0.15) is 0 Å². The van der Waals surface area contributed by atoms with Crippen molar-refractivity contribution < 1.29 is 4.79 Å². The van der Waals surface area contributed by atoms with Crippen LogP contribution in [0.4, 0.5) is 0 Å². The molecular formula is C17H25N3O. The highest BCUT2D eigenvalue weighted by atomic mass is 16.2. The first-order valence-electron chi connectivity index (χ1n) is 8.00. The van der Waals surface area contributed by atoms with Crippen molar-refractivity contribution in [3.8, 4) is 0 Å². The summed E-state index contributed by atoms with van der Waals surface area (Å²) in [5, 5.41) is 3.28. The minimum absolute atomic E-state index is 0.216. The zero-order valence-electron chi connectivity index (χ0n) is 12.8. The molecule has 1 aromatic carbocycles. The number of hydrogen-bond acceptors (Lipinski definition) is 3. The molecular weight excluding hydrogens is 262 g/mol. The first-order chi connectivity index (χ1) is 10.2. The Morgan fingerprint density at radius 2 is 2.10 bits per heavy atom. The quantitative estimate of drug-likeness (QED) is 0.909. The first kappa shape index (κ1) is 14.5. The predicted octanol–water partition coefficient (Wildman–Crippen LogP) is 1.25. The summed E-state index contributed by atoms with van der Waals surface area (Å²) in [5.41, 5.74) is 2.69. The molecule has 0 saturated carbocycles. The topological polar surface area (TPSA) is 35.6 Å². The summed E-state index contributed by atoms with van der Waals surface area (Å²) in [6.07, 6.45) is 1.00. The van der Waals surface area contributed by atoms with Gasteiger partial charge in [-0.15, -0.1) is 0 Å². The maximum atomic E-state index is 12.4. The molecule has 4 nitrogen and oxygen atoms in total. The fourth-order valence-electron chi connectivity index (χ4n) is 3.32. The highest BCUT2D eigenvalue weighted by Gasteiger charge is 2.29. The molecule has 1 N–H and O–H groups in total. The normalized spacial score (nSPS) is 23.5. The van der Waals surface area contributed by atoms with Crippen LogP contribution >= 0.6 is 0 Å². The van der Waals surface area contributed by atoms with Crippen LogP contribution in [0.2, 0.25) is 0 Å². The molecule has 1 aromatic rings. The molecule has 1 amide bonds. The minimum Gasteiger partial charge on any atom is -0.340 e. The van der Waals surface area contributed by atoms with Crippen molar-refractivity contribution in [2.75, 3.05) is 39.3 Å². The lowest BCUT2D eigenvalue weighted by Gasteiger charge is -2.36. The van der Waals surface area contributed by atoms with Gasteiger partial charge >= 0.3 is 0 Å². The molecule has 2 saturated heterocycles. The van der Waals surface area contributed by atoms with E-state index in [1.165, 1.54) is 11.1 Å². The highest BCUT2D eigenvalue weighted by Crippen LogP contribution is 2.15. The van der Waals surface area contributed by atoms with Crippen molar-refractivity contribution >= 4 is 5.91 Å². The lowest BCUT2D eigenvalue weighted by molar-refractivity contribution is -0.136. The number of nitrogens with one attached hydrogen (secondary N) is 1. The maximum Gasteiger partial charge on any atom is 0.227 e. The van der Waals surface area contributed by atoms with Crippen molar-refractivity contribution in [1.29, 1.82) is 0 Å². The van der Waals surface area contributed by atoms with Crippen LogP contribution in [0.25, 0.3) is 0 Å². The average molecular weight is 287 g/mol. The van der Waals surface area contributed by atoms with Gasteiger partial charge in [0, 0.05) is 39.3 Å². The molecule has 1 atom stereocenters. The number of aryl methyl sites for hydroxylation is 1. The molecule has 2 fully saturated rings. The van der Waals surface area contributed by atoms with E-state index in [-0.39, 0.29) is 5.92 Å². The van der Waals surface area contributed by atoms with Gasteiger partial charge in [-0.2, -0.15) is 0 Å². The van der Waals surface area contributed by atoms with Crippen molar-refractivity contribution in [2.24, 2.45) is 5.92 Å². The van der Waals surface area contributed by atoms with Crippen molar-refractivity contribution in [2.45, 2.75) is 19.9 Å². The molecule has 0 radical (unpaired) electrons. The summed E-state index contributed by atoms with van der Waals surface area (Å²) in [7, 11) is 0. The largest absolute Gasteiger partial charge is 0.340 e. The third-order valence-corrected chi connectivity index (χ3v) is 4.58. The standard InChI is InChI=1S/C17H25N3O/c1-14-3-2-4-15(11-14)13-19-7-9-20(10-8-19)17(21)16-5-6-18-12-16/h2-4,11,16,18H,5-10,12-13H2,1H3. The summed E-state index contributed by atoms with van der Waals surface area (Å²) < 4.78 is 0. The predicted molar refractivity (Wildman–Crippen MR) is 84.0 cm³/mol. The Bertz CT molecular complexity index is 489. The van der Waals surface area contributed by atoms with Crippen LogP contribution in [0.15, 0.2) is 24.3 Å². The average Bonchev–Trinajstić information content (AvgIpc) is 3.01. The van der Waals surface area contributed by atoms with E-state index >= 15 is 0 Å². The van der Waals surface area contributed by atoms with Crippen LogP contribution in [-0.2, 0) is 11.3 Å². The summed E-state index contributed by atoms with van der Waals surface area (Å²) in [6, 6.07) is 8.70. The smallest absolute Gasteiger partial charge is 0.227 e. The van der Waals surface area contributed by atoms with Crippen molar-refractivity contribution in [1.82, 2.24) is 15.1 Å². The van der Waals surface area contributed by atoms with E-state index < -0.39 is 0 Å². The Morgan fingerprint density at radius 1 is 1.29 bits per heavy atom. The fourth-order valence-corrected chi connectivity index (χ4v) is 3.32. The lowest BCUT2D eigenvalue weighted by Crippen LogP contribution is -2.50. The second-order valence-corrected chi connectivity index (χ2v) is 6.28. The second kappa shape index (κ2) is 6.58. The fraction of sp³-hybridized carbons (Fsp3) is 0.588. The SMILES string of the molecule is Cc1cccc(CN2CCN(C(=O)C3CCNC3)CC2)c1. The van der Waals surface area contributed by atoms with Gasteiger partial charge in [0.2, 0.25) is 5.91 Å². The van der Waals surface area contributed by atoms with E-state index in [0.717, 1.165) is 52.2 Å². The van der Waals surface area contributed by atoms with Gasteiger partial charge in [-0.25, -0.2) is 0 Å². The van der Waals surface area contributed by atoms with Gasteiger partial charge in [0.25, 0.3) is 0 Å². The van der Waals surface area contributed by atoms with Gasteiger partial charge in [0.05, 0.1) is 5.92 Å². The Balaban J connectivity index is 1.49. The zero-order valence-corrected chi connectivity index (χ0v) is 12.8. The molecule has 1 unspecified atom stereocenters. The third-order valence-electron chi connectivity index (χ3n) is 4.58. The molecule has 0 aromatic heterocycles. The molecule has 0 aliphatic carbocycles. The van der Waals surface area contributed by atoms with E-state index in [4.69, 9.17) is 0 Å². The van der Waals surface area contributed by atoms with Gasteiger partial charge in [-0.3, -0.25) is 9.69 Å². The molecule has 2 aliphatic heterocycles. The Morgan fingerprint density at radius 3 is 2.76 bits per heavy atom. The van der Waals surface area contributed by atoms with Crippen LogP contribution < -0.4 is 5.32 Å². The molecule has 3 rings (SSSR count). The monoisotopic (exact) mass is 287 g/mol. The summed E-state index contributed by atoms with van der Waals surface area (Å²) in [6.45, 7) is 8.71. The minimum atomic E-state index is 0.216. The highest BCUT2D eigenvalue weighted by molar-refractivity contribution is 5.79. The number of rotatable bonds is 3. The van der Waals surface area contributed by atoms with Gasteiger partial charge < -0.3 is 10.2 Å². The number of nitrogens with zero attached hydrogens (tertiary/aromatic N) is 2. The molecule has 114 valence electrons. The van der Waals surface area contributed by atoms with Gasteiger partial charge in [-0.1, -0.05) is 29.8 Å². The van der Waals surface area contributed by atoms with Crippen LogP contribution in [0.3, 0.4) is 0 Å². The summed E-state index contributed by atoms with van der Waals surface area (Å²) in [4.78, 5) is 16.9. The number of hydrogen-bond donors (Lipinski definition) is 1. The van der Waals surface area contributed by atoms with Crippen LogP contribution in [0, 0.1) is 12.8 Å². The molecule has 0 bridgehead atoms. The van der Waals surface area contributed by atoms with E-state index in [0.29, 0.717) is 5.91 Å². The van der Waals surface area contributed by atoms with E-state index in [2.05, 4.69) is 46.3 Å². The summed E-state index contributed by atoms with van der Waals surface area (Å²) >= 11 is 0. The van der Waals surface area contributed by atoms with Crippen molar-refractivity contribution in [3.05, 3.63) is 35.4 Å². The van der Waals surface area contributed by atoms with E-state index in [1.807, 2.05) is 0 Å². The van der Waals surface area contributed by atoms with Gasteiger partial charge in [0.15, 0.2) is 0 Å². The van der Waals surface area contributed by atoms with Crippen LogP contribution in [0.1, 0.15) is 17.5 Å². The number of carbonyl (C=O) groups excluding carboxylic acids is 1. The maximum absolute atomic E-state index is 12.4. The molecule has 2 aliphatic rings. The lowest BCUT2D eigenvalue weighted by atomic mass is 10.1. The van der Waals surface area contributed by atoms with Crippen LogP contribution in [0.5, 0.6) is 0 Å². The van der Waals surface area contributed by atoms with E-state index in [9.17, 15) is 4.79 Å². The molecule has 2 heterocycles. The third kappa shape index (κ3) is 3.63. The number of carbonyl (C=O) groups is 1. The van der Waals surface area contributed by atoms with E-state index in [1.54, 1.807) is 0 Å². The van der Waals surface area contributed by atoms with Crippen LogP contribution in [-0.4, -0.2) is 55.0 Å². The van der Waals surface area contributed by atoms with Gasteiger partial charge in [-0.05, 0) is 25.5 Å². The Labute approximate surface area is 127 Å². The second-order valence-electron chi connectivity index (χ2n) is 6.28. The molecule has 21 heavy (non-hydrogen) atoms.